The summed E-state index contributed by atoms with van der Waals surface area (Å²) in [6.45, 7) is 4.67. The molecule has 6 heteroatoms. The van der Waals surface area contributed by atoms with Crippen molar-refractivity contribution >= 4 is 10.9 Å². The van der Waals surface area contributed by atoms with E-state index in [9.17, 15) is 5.26 Å². The van der Waals surface area contributed by atoms with Crippen LogP contribution in [0.1, 0.15) is 12.6 Å². The Morgan fingerprint density at radius 1 is 1.36 bits per heavy atom. The maximum Gasteiger partial charge on any atom is 0.213 e. The zero-order valence-electron chi connectivity index (χ0n) is 12.5. The van der Waals surface area contributed by atoms with Crippen molar-refractivity contribution in [2.75, 3.05) is 26.2 Å². The first-order valence-electron chi connectivity index (χ1n) is 7.51. The third kappa shape index (κ3) is 2.44. The lowest BCUT2D eigenvalue weighted by molar-refractivity contribution is -0.0322. The van der Waals surface area contributed by atoms with Gasteiger partial charge in [-0.1, -0.05) is 18.2 Å². The molecule has 2 atom stereocenters. The first-order valence-corrected chi connectivity index (χ1v) is 7.51. The van der Waals surface area contributed by atoms with Crippen LogP contribution in [-0.4, -0.2) is 42.3 Å². The van der Waals surface area contributed by atoms with E-state index in [0.717, 1.165) is 24.0 Å². The highest BCUT2D eigenvalue weighted by atomic mass is 16.5. The van der Waals surface area contributed by atoms with E-state index in [1.54, 1.807) is 0 Å². The molecule has 0 bridgehead atoms. The maximum absolute atomic E-state index is 9.97. The fourth-order valence-electron chi connectivity index (χ4n) is 2.97. The Bertz CT molecular complexity index is 687. The molecule has 6 nitrogen and oxygen atoms in total. The van der Waals surface area contributed by atoms with Gasteiger partial charge in [0.15, 0.2) is 0 Å². The molecule has 1 aromatic heterocycles. The molecule has 1 saturated heterocycles. The minimum Gasteiger partial charge on any atom is -0.353 e. The third-order valence-corrected chi connectivity index (χ3v) is 3.96. The maximum atomic E-state index is 9.97. The van der Waals surface area contributed by atoms with Gasteiger partial charge < -0.3 is 15.4 Å². The minimum absolute atomic E-state index is 0.162. The smallest absolute Gasteiger partial charge is 0.213 e. The number of benzene rings is 1. The molecule has 2 N–H and O–H groups in total. The summed E-state index contributed by atoms with van der Waals surface area (Å²) in [4.78, 5) is 8.70. The van der Waals surface area contributed by atoms with Crippen LogP contribution < -0.4 is 10.6 Å². The molecule has 0 radical (unpaired) electrons. The van der Waals surface area contributed by atoms with E-state index in [-0.39, 0.29) is 6.04 Å². The van der Waals surface area contributed by atoms with E-state index in [2.05, 4.69) is 26.7 Å². The average Bonchev–Trinajstić information content (AvgIpc) is 2.60. The molecule has 0 amide bonds. The lowest BCUT2D eigenvalue weighted by Crippen LogP contribution is -2.59. The molecule has 1 aliphatic heterocycles. The van der Waals surface area contributed by atoms with Crippen molar-refractivity contribution in [3.63, 3.8) is 0 Å². The van der Waals surface area contributed by atoms with E-state index in [1.165, 1.54) is 6.33 Å². The largest absolute Gasteiger partial charge is 0.353 e. The Labute approximate surface area is 129 Å². The van der Waals surface area contributed by atoms with Gasteiger partial charge in [-0.2, -0.15) is 5.26 Å². The SMILES string of the molecule is CCOC(C#N)(c1ncnc2ccccc12)C1CNCCN1. The highest BCUT2D eigenvalue weighted by molar-refractivity contribution is 5.82. The summed E-state index contributed by atoms with van der Waals surface area (Å²) in [5.41, 5.74) is 0.310. The lowest BCUT2D eigenvalue weighted by atomic mass is 9.88. The van der Waals surface area contributed by atoms with Crippen molar-refractivity contribution in [2.24, 2.45) is 0 Å². The summed E-state index contributed by atoms with van der Waals surface area (Å²) < 4.78 is 5.96. The van der Waals surface area contributed by atoms with Crippen molar-refractivity contribution in [1.29, 1.82) is 5.26 Å². The number of hydrogen-bond donors (Lipinski definition) is 2. The summed E-state index contributed by atoms with van der Waals surface area (Å²) in [6, 6.07) is 9.92. The molecule has 3 rings (SSSR count). The van der Waals surface area contributed by atoms with Crippen LogP contribution in [0.3, 0.4) is 0 Å². The molecular formula is C16H19N5O. The molecular weight excluding hydrogens is 278 g/mol. The monoisotopic (exact) mass is 297 g/mol. The topological polar surface area (TPSA) is 82.9 Å². The molecule has 0 aliphatic carbocycles. The van der Waals surface area contributed by atoms with Gasteiger partial charge in [-0.05, 0) is 13.0 Å². The third-order valence-electron chi connectivity index (χ3n) is 3.96. The average molecular weight is 297 g/mol. The zero-order valence-corrected chi connectivity index (χ0v) is 12.5. The molecule has 2 heterocycles. The van der Waals surface area contributed by atoms with Gasteiger partial charge in [0.25, 0.3) is 0 Å². The highest BCUT2D eigenvalue weighted by Crippen LogP contribution is 2.32. The van der Waals surface area contributed by atoms with Gasteiger partial charge in [-0.25, -0.2) is 9.97 Å². The molecule has 2 unspecified atom stereocenters. The number of rotatable bonds is 4. The van der Waals surface area contributed by atoms with Crippen LogP contribution in [0.25, 0.3) is 10.9 Å². The molecule has 0 saturated carbocycles. The van der Waals surface area contributed by atoms with E-state index in [1.807, 2.05) is 31.2 Å². The first-order chi connectivity index (χ1) is 10.8. The quantitative estimate of drug-likeness (QED) is 0.874. The van der Waals surface area contributed by atoms with Gasteiger partial charge in [0, 0.05) is 31.6 Å². The van der Waals surface area contributed by atoms with E-state index in [0.29, 0.717) is 18.8 Å². The van der Waals surface area contributed by atoms with Gasteiger partial charge in [-0.3, -0.25) is 0 Å². The number of ether oxygens (including phenoxy) is 1. The normalized spacial score (nSPS) is 21.2. The molecule has 1 aromatic carbocycles. The second kappa shape index (κ2) is 6.36. The number of nitriles is 1. The van der Waals surface area contributed by atoms with Crippen LogP contribution >= 0.6 is 0 Å². The van der Waals surface area contributed by atoms with Crippen molar-refractivity contribution in [3.05, 3.63) is 36.3 Å². The van der Waals surface area contributed by atoms with Crippen LogP contribution in [0, 0.1) is 11.3 Å². The number of fused-ring (bicyclic) bond motifs is 1. The zero-order chi connectivity index (χ0) is 15.4. The van der Waals surface area contributed by atoms with Gasteiger partial charge in [0.1, 0.15) is 12.4 Å². The second-order valence-corrected chi connectivity index (χ2v) is 5.23. The van der Waals surface area contributed by atoms with Crippen LogP contribution in [0.15, 0.2) is 30.6 Å². The summed E-state index contributed by atoms with van der Waals surface area (Å²) >= 11 is 0. The number of piperazine rings is 1. The van der Waals surface area contributed by atoms with Crippen LogP contribution in [0.5, 0.6) is 0 Å². The van der Waals surface area contributed by atoms with Crippen molar-refractivity contribution < 1.29 is 4.74 Å². The number of aromatic nitrogens is 2. The Kier molecular flexibility index (Phi) is 4.29. The van der Waals surface area contributed by atoms with Gasteiger partial charge in [0.05, 0.1) is 17.3 Å². The fraction of sp³-hybridized carbons (Fsp3) is 0.438. The molecule has 1 fully saturated rings. The Morgan fingerprint density at radius 2 is 2.23 bits per heavy atom. The standard InChI is InChI=1S/C16H19N5O/c1-2-22-16(10-17,14-9-18-7-8-19-14)15-12-5-3-4-6-13(12)20-11-21-15/h3-6,11,14,18-19H,2,7-9H2,1H3. The molecule has 0 spiro atoms. The number of hydrogen-bond acceptors (Lipinski definition) is 6. The predicted molar refractivity (Wildman–Crippen MR) is 83.1 cm³/mol. The predicted octanol–water partition coefficient (Wildman–Crippen LogP) is 0.947. The second-order valence-electron chi connectivity index (χ2n) is 5.23. The summed E-state index contributed by atoms with van der Waals surface area (Å²) in [5, 5.41) is 17.5. The van der Waals surface area contributed by atoms with Crippen molar-refractivity contribution in [3.8, 4) is 6.07 Å². The van der Waals surface area contributed by atoms with Gasteiger partial charge in [-0.15, -0.1) is 0 Å². The summed E-state index contributed by atoms with van der Waals surface area (Å²) in [7, 11) is 0. The van der Waals surface area contributed by atoms with Gasteiger partial charge >= 0.3 is 0 Å². The molecule has 1 aliphatic rings. The lowest BCUT2D eigenvalue weighted by Gasteiger charge is -2.37. The first kappa shape index (κ1) is 14.9. The Morgan fingerprint density at radius 3 is 2.95 bits per heavy atom. The number of nitrogens with zero attached hydrogens (tertiary/aromatic N) is 3. The van der Waals surface area contributed by atoms with Crippen LogP contribution in [-0.2, 0) is 10.3 Å². The van der Waals surface area contributed by atoms with Gasteiger partial charge in [0.2, 0.25) is 5.60 Å². The number of nitrogens with one attached hydrogen (secondary N) is 2. The van der Waals surface area contributed by atoms with E-state index >= 15 is 0 Å². The molecule has 22 heavy (non-hydrogen) atoms. The van der Waals surface area contributed by atoms with Crippen LogP contribution in [0.2, 0.25) is 0 Å². The Balaban J connectivity index is 2.17. The van der Waals surface area contributed by atoms with Crippen LogP contribution in [0.4, 0.5) is 0 Å². The molecule has 2 aromatic rings. The van der Waals surface area contributed by atoms with Crippen molar-refractivity contribution in [1.82, 2.24) is 20.6 Å². The minimum atomic E-state index is -1.13. The summed E-state index contributed by atoms with van der Waals surface area (Å²) in [6.07, 6.45) is 1.50. The highest BCUT2D eigenvalue weighted by Gasteiger charge is 2.45. The number of para-hydroxylation sites is 1. The van der Waals surface area contributed by atoms with E-state index < -0.39 is 5.60 Å². The van der Waals surface area contributed by atoms with E-state index in [4.69, 9.17) is 4.74 Å². The summed E-state index contributed by atoms with van der Waals surface area (Å²) in [5.74, 6) is 0. The fourth-order valence-corrected chi connectivity index (χ4v) is 2.97. The van der Waals surface area contributed by atoms with Crippen molar-refractivity contribution in [2.45, 2.75) is 18.6 Å². The molecule has 114 valence electrons. The Hall–Kier alpha value is -2.07.